The number of hydrogen-bond acceptors (Lipinski definition) is 2. The Labute approximate surface area is 124 Å². The molecule has 0 spiro atoms. The zero-order valence-electron chi connectivity index (χ0n) is 10.9. The Balaban J connectivity index is 1.95. The lowest BCUT2D eigenvalue weighted by Crippen LogP contribution is -2.30. The molecule has 2 heterocycles. The molecule has 20 heavy (non-hydrogen) atoms. The van der Waals surface area contributed by atoms with E-state index in [0.29, 0.717) is 12.2 Å². The highest BCUT2D eigenvalue weighted by Gasteiger charge is 2.34. The van der Waals surface area contributed by atoms with Crippen LogP contribution in [0.2, 0.25) is 0 Å². The number of aryl methyl sites for hydroxylation is 1. The van der Waals surface area contributed by atoms with Crippen molar-refractivity contribution in [3.8, 4) is 0 Å². The number of nitrogens with one attached hydrogen (secondary N) is 1. The zero-order chi connectivity index (χ0) is 14.3. The lowest BCUT2D eigenvalue weighted by molar-refractivity contribution is 0.0657. The Bertz CT molecular complexity index is 609. The third-order valence-corrected chi connectivity index (χ3v) is 4.06. The van der Waals surface area contributed by atoms with Gasteiger partial charge >= 0.3 is 0 Å². The fraction of sp³-hybridized carbons (Fsp3) is 0.357. The van der Waals surface area contributed by atoms with Crippen LogP contribution in [0.3, 0.4) is 0 Å². The average Bonchev–Trinajstić information content (AvgIpc) is 2.78. The molecule has 3 nitrogen and oxygen atoms in total. The molecule has 2 atom stereocenters. The molecule has 1 N–H and O–H groups in total. The topological polar surface area (TPSA) is 29.9 Å². The van der Waals surface area contributed by atoms with Gasteiger partial charge in [-0.05, 0) is 31.0 Å². The van der Waals surface area contributed by atoms with Gasteiger partial charge in [0.1, 0.15) is 11.9 Å². The first kappa shape index (κ1) is 13.5. The third-order valence-electron chi connectivity index (χ3n) is 3.53. The number of fused-ring (bicyclic) bond motifs is 1. The number of benzene rings is 1. The van der Waals surface area contributed by atoms with Crippen molar-refractivity contribution in [2.75, 3.05) is 5.32 Å². The van der Waals surface area contributed by atoms with E-state index in [-0.39, 0.29) is 6.04 Å². The van der Waals surface area contributed by atoms with Crippen molar-refractivity contribution in [2.24, 2.45) is 0 Å². The van der Waals surface area contributed by atoms with Crippen LogP contribution < -0.4 is 5.32 Å². The van der Waals surface area contributed by atoms with E-state index in [1.807, 2.05) is 31.2 Å². The van der Waals surface area contributed by atoms with Gasteiger partial charge in [-0.2, -0.15) is 5.10 Å². The first-order valence-electron chi connectivity index (χ1n) is 6.41. The van der Waals surface area contributed by atoms with Gasteiger partial charge in [-0.15, -0.1) is 0 Å². The number of rotatable bonds is 2. The van der Waals surface area contributed by atoms with E-state index in [9.17, 15) is 8.78 Å². The van der Waals surface area contributed by atoms with Crippen molar-refractivity contribution >= 4 is 21.7 Å². The summed E-state index contributed by atoms with van der Waals surface area (Å²) in [5.74, 6) is 0.659. The summed E-state index contributed by atoms with van der Waals surface area (Å²) in [7, 11) is 0. The van der Waals surface area contributed by atoms with Crippen LogP contribution in [0, 0.1) is 6.92 Å². The molecule has 0 saturated heterocycles. The summed E-state index contributed by atoms with van der Waals surface area (Å²) in [5, 5.41) is 7.45. The molecule has 0 unspecified atom stereocenters. The maximum absolute atomic E-state index is 13.3. The third kappa shape index (κ3) is 2.44. The second-order valence-corrected chi connectivity index (χ2v) is 5.92. The highest BCUT2D eigenvalue weighted by molar-refractivity contribution is 9.10. The molecule has 0 saturated carbocycles. The molecule has 0 radical (unpaired) electrons. The van der Waals surface area contributed by atoms with Gasteiger partial charge in [-0.25, -0.2) is 13.5 Å². The molecule has 1 aromatic heterocycles. The summed E-state index contributed by atoms with van der Waals surface area (Å²) in [6.45, 7) is 1.81. The van der Waals surface area contributed by atoms with E-state index >= 15 is 0 Å². The van der Waals surface area contributed by atoms with Gasteiger partial charge < -0.3 is 5.32 Å². The second-order valence-electron chi connectivity index (χ2n) is 5.00. The van der Waals surface area contributed by atoms with Gasteiger partial charge in [0.05, 0.1) is 11.7 Å². The number of hydrogen-bond donors (Lipinski definition) is 1. The molecule has 0 fully saturated rings. The lowest BCUT2D eigenvalue weighted by atomic mass is 9.97. The fourth-order valence-electron chi connectivity index (χ4n) is 2.58. The minimum absolute atomic E-state index is 0.120. The van der Waals surface area contributed by atoms with E-state index in [0.717, 1.165) is 15.7 Å². The van der Waals surface area contributed by atoms with Gasteiger partial charge in [0.2, 0.25) is 0 Å². The molecule has 2 aromatic rings. The van der Waals surface area contributed by atoms with Crippen molar-refractivity contribution in [1.29, 1.82) is 0 Å². The maximum Gasteiger partial charge on any atom is 0.260 e. The first-order valence-corrected chi connectivity index (χ1v) is 7.20. The van der Waals surface area contributed by atoms with Gasteiger partial charge in [0.15, 0.2) is 0 Å². The van der Waals surface area contributed by atoms with Crippen molar-refractivity contribution in [1.82, 2.24) is 9.78 Å². The monoisotopic (exact) mass is 341 g/mol. The summed E-state index contributed by atoms with van der Waals surface area (Å²) in [5.41, 5.74) is 1.75. The minimum atomic E-state index is -2.42. The Morgan fingerprint density at radius 1 is 1.35 bits per heavy atom. The second kappa shape index (κ2) is 5.16. The molecule has 1 aliphatic rings. The van der Waals surface area contributed by atoms with Gasteiger partial charge in [0.25, 0.3) is 6.43 Å². The van der Waals surface area contributed by atoms with Crippen LogP contribution in [0.1, 0.15) is 29.8 Å². The molecule has 6 heteroatoms. The average molecular weight is 342 g/mol. The number of aromatic nitrogens is 2. The number of nitrogens with zero attached hydrogens (tertiary/aromatic N) is 2. The Morgan fingerprint density at radius 3 is 2.70 bits per heavy atom. The quantitative estimate of drug-likeness (QED) is 0.881. The molecule has 106 valence electrons. The van der Waals surface area contributed by atoms with Crippen LogP contribution in [0.15, 0.2) is 34.8 Å². The predicted molar refractivity (Wildman–Crippen MR) is 77.1 cm³/mol. The molecule has 0 bridgehead atoms. The SMILES string of the molecule is Cc1cc2n(n1)[C@H](C(F)F)C[C@H](c1ccc(Br)cc1)N2. The van der Waals surface area contributed by atoms with E-state index in [4.69, 9.17) is 0 Å². The standard InChI is InChI=1S/C14H14BrF2N3/c1-8-6-13-18-11(9-2-4-10(15)5-3-9)7-12(14(16)17)20(13)19-8/h2-6,11-12,14,18H,7H2,1H3/t11-,12+/m1/s1. The summed E-state index contributed by atoms with van der Waals surface area (Å²) in [4.78, 5) is 0. The smallest absolute Gasteiger partial charge is 0.260 e. The van der Waals surface area contributed by atoms with Crippen LogP contribution >= 0.6 is 15.9 Å². The molecular weight excluding hydrogens is 328 g/mol. The van der Waals surface area contributed by atoms with E-state index in [2.05, 4.69) is 26.3 Å². The Hall–Kier alpha value is -1.43. The number of alkyl halides is 2. The Morgan fingerprint density at radius 2 is 2.05 bits per heavy atom. The van der Waals surface area contributed by atoms with Gasteiger partial charge in [-0.1, -0.05) is 28.1 Å². The van der Waals surface area contributed by atoms with Crippen LogP contribution in [0.4, 0.5) is 14.6 Å². The number of halogens is 3. The summed E-state index contributed by atoms with van der Waals surface area (Å²) < 4.78 is 28.9. The van der Waals surface area contributed by atoms with Crippen molar-refractivity contribution in [2.45, 2.75) is 31.9 Å². The largest absolute Gasteiger partial charge is 0.363 e. The summed E-state index contributed by atoms with van der Waals surface area (Å²) in [6.07, 6.45) is -2.10. The zero-order valence-corrected chi connectivity index (χ0v) is 12.4. The highest BCUT2D eigenvalue weighted by Crippen LogP contribution is 2.38. The van der Waals surface area contributed by atoms with E-state index in [1.165, 1.54) is 4.68 Å². The van der Waals surface area contributed by atoms with Crippen molar-refractivity contribution in [3.05, 3.63) is 46.1 Å². The van der Waals surface area contributed by atoms with Crippen LogP contribution in [-0.2, 0) is 0 Å². The molecule has 1 aliphatic heterocycles. The molecule has 0 aliphatic carbocycles. The van der Waals surface area contributed by atoms with Crippen molar-refractivity contribution < 1.29 is 8.78 Å². The minimum Gasteiger partial charge on any atom is -0.363 e. The van der Waals surface area contributed by atoms with Gasteiger partial charge in [-0.3, -0.25) is 0 Å². The van der Waals surface area contributed by atoms with E-state index < -0.39 is 12.5 Å². The predicted octanol–water partition coefficient (Wildman–Crippen LogP) is 4.32. The lowest BCUT2D eigenvalue weighted by Gasteiger charge is -2.32. The summed E-state index contributed by atoms with van der Waals surface area (Å²) >= 11 is 3.38. The fourth-order valence-corrected chi connectivity index (χ4v) is 2.84. The first-order chi connectivity index (χ1) is 9.54. The Kier molecular flexibility index (Phi) is 3.50. The van der Waals surface area contributed by atoms with Crippen LogP contribution in [0.5, 0.6) is 0 Å². The summed E-state index contributed by atoms with van der Waals surface area (Å²) in [6, 6.07) is 8.54. The normalized spacial score (nSPS) is 21.6. The maximum atomic E-state index is 13.3. The molecule has 3 rings (SSSR count). The van der Waals surface area contributed by atoms with Crippen LogP contribution in [-0.4, -0.2) is 16.2 Å². The molecular formula is C14H14BrF2N3. The van der Waals surface area contributed by atoms with Crippen molar-refractivity contribution in [3.63, 3.8) is 0 Å². The van der Waals surface area contributed by atoms with Gasteiger partial charge in [0, 0.05) is 10.5 Å². The number of anilines is 1. The molecule has 0 amide bonds. The van der Waals surface area contributed by atoms with Crippen LogP contribution in [0.25, 0.3) is 0 Å². The van der Waals surface area contributed by atoms with E-state index in [1.54, 1.807) is 6.07 Å². The highest BCUT2D eigenvalue weighted by atomic mass is 79.9. The molecule has 1 aromatic carbocycles.